The molecule has 0 saturated heterocycles. The molecular weight excluding hydrogens is 393 g/mol. The predicted octanol–water partition coefficient (Wildman–Crippen LogP) is 4.07. The lowest BCUT2D eigenvalue weighted by atomic mass is 10.3. The molecule has 1 aromatic carbocycles. The van der Waals surface area contributed by atoms with E-state index in [1.54, 1.807) is 12.1 Å². The van der Waals surface area contributed by atoms with Crippen molar-refractivity contribution >= 4 is 46.2 Å². The third-order valence-electron chi connectivity index (χ3n) is 3.45. The van der Waals surface area contributed by atoms with Gasteiger partial charge in [-0.15, -0.1) is 0 Å². The summed E-state index contributed by atoms with van der Waals surface area (Å²) >= 11 is 11.8. The number of nitro groups is 1. The Bertz CT molecular complexity index is 906. The summed E-state index contributed by atoms with van der Waals surface area (Å²) in [5, 5.41) is 32.8. The van der Waals surface area contributed by atoms with E-state index in [2.05, 4.69) is 15.3 Å². The summed E-state index contributed by atoms with van der Waals surface area (Å²) in [5.41, 5.74) is 0.0946. The van der Waals surface area contributed by atoms with Crippen molar-refractivity contribution in [3.63, 3.8) is 0 Å². The van der Waals surface area contributed by atoms with Crippen molar-refractivity contribution in [2.24, 2.45) is 0 Å². The molecule has 0 radical (unpaired) electrons. The van der Waals surface area contributed by atoms with E-state index >= 15 is 0 Å². The molecule has 2 aromatic rings. The molecule has 138 valence electrons. The molecule has 0 saturated carbocycles. The summed E-state index contributed by atoms with van der Waals surface area (Å²) in [4.78, 5) is 20.6. The van der Waals surface area contributed by atoms with Crippen LogP contribution in [0.2, 0.25) is 10.0 Å². The molecule has 9 nitrogen and oxygen atoms in total. The maximum absolute atomic E-state index is 11.7. The maximum Gasteiger partial charge on any atom is 0.353 e. The molecule has 0 bridgehead atoms. The fourth-order valence-corrected chi connectivity index (χ4v) is 2.56. The van der Waals surface area contributed by atoms with E-state index in [-0.39, 0.29) is 48.3 Å². The number of nitrogens with one attached hydrogen (secondary N) is 1. The number of nitriles is 2. The van der Waals surface area contributed by atoms with Gasteiger partial charge < -0.3 is 10.2 Å². The Morgan fingerprint density at radius 3 is 2.37 bits per heavy atom. The van der Waals surface area contributed by atoms with Crippen LogP contribution in [0.5, 0.6) is 0 Å². The van der Waals surface area contributed by atoms with Gasteiger partial charge in [0, 0.05) is 18.8 Å². The molecular formula is C16H13Cl2N7O2. The number of nitrogens with zero attached hydrogens (tertiary/aromatic N) is 6. The Balaban J connectivity index is 2.45. The second kappa shape index (κ2) is 9.53. The van der Waals surface area contributed by atoms with Crippen LogP contribution < -0.4 is 10.2 Å². The van der Waals surface area contributed by atoms with Gasteiger partial charge in [0.1, 0.15) is 6.33 Å². The molecule has 0 atom stereocenters. The lowest BCUT2D eigenvalue weighted by Crippen LogP contribution is -2.27. The van der Waals surface area contributed by atoms with Crippen molar-refractivity contribution in [2.75, 3.05) is 23.3 Å². The standard InChI is InChI=1S/C16H13Cl2N7O2/c17-12-4-3-11(9-13(12)18)23-15-14(25(26)27)16(22-10-21-15)24(7-1-5-19)8-2-6-20/h3-4,9-10H,1-2,7-8H2,(H,21,22,23). The highest BCUT2D eigenvalue weighted by Gasteiger charge is 2.27. The lowest BCUT2D eigenvalue weighted by Gasteiger charge is -2.21. The minimum atomic E-state index is -0.610. The van der Waals surface area contributed by atoms with Crippen LogP contribution in [0.1, 0.15) is 12.8 Å². The van der Waals surface area contributed by atoms with E-state index in [1.807, 2.05) is 12.1 Å². The van der Waals surface area contributed by atoms with Gasteiger partial charge in [-0.2, -0.15) is 10.5 Å². The van der Waals surface area contributed by atoms with Crippen molar-refractivity contribution in [3.05, 3.63) is 44.7 Å². The molecule has 1 N–H and O–H groups in total. The van der Waals surface area contributed by atoms with E-state index in [0.29, 0.717) is 10.7 Å². The Kier molecular flexibility index (Phi) is 7.12. The summed E-state index contributed by atoms with van der Waals surface area (Å²) in [6.07, 6.45) is 1.43. The van der Waals surface area contributed by atoms with E-state index in [9.17, 15) is 10.1 Å². The number of anilines is 3. The van der Waals surface area contributed by atoms with Crippen LogP contribution in [0.15, 0.2) is 24.5 Å². The largest absolute Gasteiger partial charge is 0.353 e. The van der Waals surface area contributed by atoms with Crippen LogP contribution in [-0.2, 0) is 0 Å². The first-order valence-corrected chi connectivity index (χ1v) is 8.43. The molecule has 0 amide bonds. The van der Waals surface area contributed by atoms with Crippen LogP contribution >= 0.6 is 23.2 Å². The zero-order chi connectivity index (χ0) is 19.8. The van der Waals surface area contributed by atoms with Crippen molar-refractivity contribution in [1.82, 2.24) is 9.97 Å². The zero-order valence-electron chi connectivity index (χ0n) is 13.9. The second-order valence-corrected chi connectivity index (χ2v) is 6.02. The number of aromatic nitrogens is 2. The fourth-order valence-electron chi connectivity index (χ4n) is 2.26. The highest BCUT2D eigenvalue weighted by molar-refractivity contribution is 6.42. The molecule has 27 heavy (non-hydrogen) atoms. The first kappa shape index (κ1) is 20.2. The molecule has 0 spiro atoms. The summed E-state index contributed by atoms with van der Waals surface area (Å²) in [7, 11) is 0. The van der Waals surface area contributed by atoms with Crippen molar-refractivity contribution in [1.29, 1.82) is 10.5 Å². The maximum atomic E-state index is 11.7. The van der Waals surface area contributed by atoms with Gasteiger partial charge in [0.2, 0.25) is 11.6 Å². The average molecular weight is 406 g/mol. The second-order valence-electron chi connectivity index (χ2n) is 5.21. The first-order valence-electron chi connectivity index (χ1n) is 7.68. The third kappa shape index (κ3) is 5.17. The minimum Gasteiger partial charge on any atom is -0.349 e. The minimum absolute atomic E-state index is 0.0306. The quantitative estimate of drug-likeness (QED) is 0.513. The summed E-state index contributed by atoms with van der Waals surface area (Å²) in [6, 6.07) is 8.62. The summed E-state index contributed by atoms with van der Waals surface area (Å²) < 4.78 is 0. The Morgan fingerprint density at radius 2 is 1.81 bits per heavy atom. The first-order chi connectivity index (χ1) is 13.0. The van der Waals surface area contributed by atoms with E-state index in [1.165, 1.54) is 17.3 Å². The monoisotopic (exact) mass is 405 g/mol. The van der Waals surface area contributed by atoms with Crippen LogP contribution in [0, 0.1) is 32.8 Å². The molecule has 0 aliphatic heterocycles. The molecule has 1 heterocycles. The van der Waals surface area contributed by atoms with Crippen molar-refractivity contribution in [2.45, 2.75) is 12.8 Å². The number of rotatable bonds is 8. The zero-order valence-corrected chi connectivity index (χ0v) is 15.4. The molecule has 11 heteroatoms. The lowest BCUT2D eigenvalue weighted by molar-refractivity contribution is -0.383. The van der Waals surface area contributed by atoms with Crippen molar-refractivity contribution < 1.29 is 4.92 Å². The van der Waals surface area contributed by atoms with Gasteiger partial charge in [0.05, 0.1) is 39.9 Å². The van der Waals surface area contributed by atoms with Gasteiger partial charge in [-0.3, -0.25) is 10.1 Å². The van der Waals surface area contributed by atoms with Crippen LogP contribution in [0.4, 0.5) is 23.0 Å². The Labute approximate surface area is 164 Å². The summed E-state index contributed by atoms with van der Waals surface area (Å²) in [5.74, 6) is -0.00892. The van der Waals surface area contributed by atoms with Gasteiger partial charge >= 0.3 is 5.69 Å². The predicted molar refractivity (Wildman–Crippen MR) is 101 cm³/mol. The van der Waals surface area contributed by atoms with Crippen LogP contribution in [0.25, 0.3) is 0 Å². The molecule has 0 fully saturated rings. The topological polar surface area (TPSA) is 132 Å². The Morgan fingerprint density at radius 1 is 1.15 bits per heavy atom. The molecule has 0 unspecified atom stereocenters. The normalized spacial score (nSPS) is 9.93. The smallest absolute Gasteiger partial charge is 0.349 e. The average Bonchev–Trinajstić information content (AvgIpc) is 2.64. The van der Waals surface area contributed by atoms with Gasteiger partial charge in [0.15, 0.2) is 0 Å². The molecule has 0 aliphatic carbocycles. The highest BCUT2D eigenvalue weighted by Crippen LogP contribution is 2.35. The number of hydrogen-bond donors (Lipinski definition) is 1. The molecule has 0 aliphatic rings. The number of benzene rings is 1. The van der Waals surface area contributed by atoms with Gasteiger partial charge in [-0.05, 0) is 18.2 Å². The Hall–Kier alpha value is -3.14. The number of halogens is 2. The van der Waals surface area contributed by atoms with Crippen LogP contribution in [0.3, 0.4) is 0 Å². The van der Waals surface area contributed by atoms with E-state index in [4.69, 9.17) is 33.7 Å². The SMILES string of the molecule is N#CCCN(CCC#N)c1ncnc(Nc2ccc(Cl)c(Cl)c2)c1[N+](=O)[O-]. The van der Waals surface area contributed by atoms with Crippen LogP contribution in [-0.4, -0.2) is 28.0 Å². The number of hydrogen-bond acceptors (Lipinski definition) is 8. The third-order valence-corrected chi connectivity index (χ3v) is 4.19. The van der Waals surface area contributed by atoms with Crippen molar-refractivity contribution in [3.8, 4) is 12.1 Å². The van der Waals surface area contributed by atoms with Gasteiger partial charge in [0.25, 0.3) is 0 Å². The van der Waals surface area contributed by atoms with Gasteiger partial charge in [-0.25, -0.2) is 9.97 Å². The fraction of sp³-hybridized carbons (Fsp3) is 0.250. The van der Waals surface area contributed by atoms with Gasteiger partial charge in [-0.1, -0.05) is 23.2 Å². The summed E-state index contributed by atoms with van der Waals surface area (Å²) in [6.45, 7) is 0.393. The molecule has 1 aromatic heterocycles. The molecule has 2 rings (SSSR count). The van der Waals surface area contributed by atoms with E-state index < -0.39 is 4.92 Å². The van der Waals surface area contributed by atoms with E-state index in [0.717, 1.165) is 0 Å². The highest BCUT2D eigenvalue weighted by atomic mass is 35.5.